The van der Waals surface area contributed by atoms with Gasteiger partial charge in [0.2, 0.25) is 0 Å². The molecule has 0 saturated carbocycles. The van der Waals surface area contributed by atoms with Crippen LogP contribution in [-0.4, -0.2) is 17.5 Å². The van der Waals surface area contributed by atoms with E-state index in [9.17, 15) is 9.18 Å². The van der Waals surface area contributed by atoms with E-state index in [0.717, 1.165) is 11.1 Å². The summed E-state index contributed by atoms with van der Waals surface area (Å²) in [5, 5.41) is 0.541. The highest BCUT2D eigenvalue weighted by Gasteiger charge is 2.24. The molecule has 0 saturated heterocycles. The SMILES string of the molecule is CC1N=C(c2ccccc2[18F])c2cc(Cl)ccc2CC1=O. The lowest BCUT2D eigenvalue weighted by Gasteiger charge is -2.11. The Kier molecular flexibility index (Phi) is 3.60. The number of benzene rings is 2. The van der Waals surface area contributed by atoms with Crippen molar-refractivity contribution in [1.29, 1.82) is 0 Å². The van der Waals surface area contributed by atoms with Crippen LogP contribution in [0.1, 0.15) is 23.6 Å². The summed E-state index contributed by atoms with van der Waals surface area (Å²) in [5.74, 6) is -0.339. The van der Waals surface area contributed by atoms with Crippen molar-refractivity contribution in [3.05, 3.63) is 70.0 Å². The molecule has 1 atom stereocenters. The van der Waals surface area contributed by atoms with Crippen molar-refractivity contribution in [1.82, 2.24) is 0 Å². The zero-order valence-corrected chi connectivity index (χ0v) is 12.2. The first-order chi connectivity index (χ1) is 10.1. The maximum atomic E-state index is 14.1. The lowest BCUT2D eigenvalue weighted by atomic mass is 9.95. The number of carbonyl (C=O) groups is 1. The number of halogens is 2. The molecule has 4 heteroatoms. The Balaban J connectivity index is 2.27. The summed E-state index contributed by atoms with van der Waals surface area (Å²) >= 11 is 6.06. The van der Waals surface area contributed by atoms with E-state index in [1.165, 1.54) is 6.07 Å². The van der Waals surface area contributed by atoms with E-state index in [1.807, 2.05) is 6.07 Å². The Hall–Kier alpha value is -2.00. The fourth-order valence-corrected chi connectivity index (χ4v) is 2.63. The second-order valence-electron chi connectivity index (χ2n) is 5.08. The van der Waals surface area contributed by atoms with E-state index < -0.39 is 6.04 Å². The molecule has 0 radical (unpaired) electrons. The highest BCUT2D eigenvalue weighted by molar-refractivity contribution is 6.31. The zero-order valence-electron chi connectivity index (χ0n) is 11.4. The molecular weight excluding hydrogens is 288 g/mol. The number of rotatable bonds is 1. The molecule has 0 N–H and O–H groups in total. The molecule has 0 aromatic heterocycles. The van der Waals surface area contributed by atoms with Gasteiger partial charge in [-0.2, -0.15) is 0 Å². The summed E-state index contributed by atoms with van der Waals surface area (Å²) in [4.78, 5) is 16.5. The normalized spacial score (nSPS) is 18.0. The zero-order chi connectivity index (χ0) is 15.0. The van der Waals surface area contributed by atoms with Gasteiger partial charge in [-0.1, -0.05) is 29.8 Å². The van der Waals surface area contributed by atoms with E-state index in [0.29, 0.717) is 16.3 Å². The molecular formula is C17H13ClFNO. The minimum absolute atomic E-state index is 0.0184. The van der Waals surface area contributed by atoms with Crippen molar-refractivity contribution < 1.29 is 9.18 Å². The van der Waals surface area contributed by atoms with Gasteiger partial charge in [0, 0.05) is 22.6 Å². The lowest BCUT2D eigenvalue weighted by Crippen LogP contribution is -2.16. The molecule has 0 amide bonds. The van der Waals surface area contributed by atoms with E-state index in [4.69, 9.17) is 11.6 Å². The smallest absolute Gasteiger partial charge is 0.161 e. The standard InChI is InChI=1S/C17H13ClFNO/c1-10-16(21)8-11-6-7-12(18)9-14(11)17(20-10)13-4-2-3-5-15(13)19/h2-7,9-10H,8H2,1H3/i19-1. The first kappa shape index (κ1) is 14.0. The third kappa shape index (κ3) is 2.61. The van der Waals surface area contributed by atoms with Crippen molar-refractivity contribution in [2.24, 2.45) is 4.99 Å². The summed E-state index contributed by atoms with van der Waals surface area (Å²) in [5.41, 5.74) is 2.44. The van der Waals surface area contributed by atoms with Gasteiger partial charge in [-0.3, -0.25) is 9.79 Å². The molecule has 3 rings (SSSR count). The molecule has 0 aliphatic carbocycles. The number of Topliss-reactive ketones (excluding diaryl/α,β-unsaturated/α-hetero) is 1. The van der Waals surface area contributed by atoms with E-state index in [1.54, 1.807) is 37.3 Å². The molecule has 21 heavy (non-hydrogen) atoms. The van der Waals surface area contributed by atoms with Crippen LogP contribution in [0, 0.1) is 5.82 Å². The lowest BCUT2D eigenvalue weighted by molar-refractivity contribution is -0.119. The quantitative estimate of drug-likeness (QED) is 0.787. The van der Waals surface area contributed by atoms with Crippen molar-refractivity contribution >= 4 is 23.1 Å². The molecule has 0 bridgehead atoms. The molecule has 2 nitrogen and oxygen atoms in total. The number of hydrogen-bond acceptors (Lipinski definition) is 2. The van der Waals surface area contributed by atoms with Crippen LogP contribution in [-0.2, 0) is 11.2 Å². The minimum atomic E-state index is -0.495. The Bertz CT molecular complexity index is 754. The average molecular weight is 301 g/mol. The monoisotopic (exact) mass is 300 g/mol. The van der Waals surface area contributed by atoms with Crippen molar-refractivity contribution in [3.63, 3.8) is 0 Å². The maximum Gasteiger partial charge on any atom is 0.161 e. The third-order valence-electron chi connectivity index (χ3n) is 3.61. The van der Waals surface area contributed by atoms with Crippen LogP contribution in [0.3, 0.4) is 0 Å². The summed E-state index contributed by atoms with van der Waals surface area (Å²) < 4.78 is 14.1. The van der Waals surface area contributed by atoms with Crippen LogP contribution in [0.5, 0.6) is 0 Å². The molecule has 2 aromatic rings. The van der Waals surface area contributed by atoms with E-state index >= 15 is 0 Å². The molecule has 106 valence electrons. The summed E-state index contributed by atoms with van der Waals surface area (Å²) in [6, 6.07) is 11.2. The number of ketones is 1. The van der Waals surface area contributed by atoms with Gasteiger partial charge in [-0.25, -0.2) is 4.39 Å². The number of carbonyl (C=O) groups excluding carboxylic acids is 1. The Morgan fingerprint density at radius 3 is 2.71 bits per heavy atom. The van der Waals surface area contributed by atoms with E-state index in [-0.39, 0.29) is 18.0 Å². The van der Waals surface area contributed by atoms with Crippen molar-refractivity contribution in [2.45, 2.75) is 19.4 Å². The largest absolute Gasteiger partial charge is 0.297 e. The first-order valence-electron chi connectivity index (χ1n) is 6.70. The first-order valence-corrected chi connectivity index (χ1v) is 7.08. The van der Waals surface area contributed by atoms with Crippen LogP contribution in [0.4, 0.5) is 4.39 Å². The Labute approximate surface area is 127 Å². The fraction of sp³-hybridized carbons (Fsp3) is 0.176. The molecule has 1 heterocycles. The minimum Gasteiger partial charge on any atom is -0.297 e. The fourth-order valence-electron chi connectivity index (χ4n) is 2.46. The van der Waals surface area contributed by atoms with Gasteiger partial charge >= 0.3 is 0 Å². The number of nitrogens with zero attached hydrogens (tertiary/aromatic N) is 1. The summed E-state index contributed by atoms with van der Waals surface area (Å²) in [6.07, 6.45) is 0.287. The van der Waals surface area contributed by atoms with Gasteiger partial charge in [0.15, 0.2) is 5.78 Å². The van der Waals surface area contributed by atoms with Gasteiger partial charge < -0.3 is 0 Å². The van der Waals surface area contributed by atoms with Gasteiger partial charge in [-0.05, 0) is 36.8 Å². The molecule has 0 spiro atoms. The van der Waals surface area contributed by atoms with Crippen LogP contribution >= 0.6 is 11.6 Å². The molecule has 1 aliphatic heterocycles. The Morgan fingerprint density at radius 1 is 1.19 bits per heavy atom. The van der Waals surface area contributed by atoms with Crippen LogP contribution in [0.25, 0.3) is 0 Å². The van der Waals surface area contributed by atoms with E-state index in [2.05, 4.69) is 4.99 Å². The highest BCUT2D eigenvalue weighted by atomic mass is 35.5. The molecule has 2 aromatic carbocycles. The second kappa shape index (κ2) is 5.41. The third-order valence-corrected chi connectivity index (χ3v) is 3.84. The summed E-state index contributed by atoms with van der Waals surface area (Å²) in [7, 11) is 0. The van der Waals surface area contributed by atoms with Gasteiger partial charge in [-0.15, -0.1) is 0 Å². The van der Waals surface area contributed by atoms with Crippen LogP contribution in [0.15, 0.2) is 47.5 Å². The predicted molar refractivity (Wildman–Crippen MR) is 81.7 cm³/mol. The van der Waals surface area contributed by atoms with Crippen molar-refractivity contribution in [3.8, 4) is 0 Å². The van der Waals surface area contributed by atoms with Crippen LogP contribution in [0.2, 0.25) is 5.02 Å². The molecule has 1 unspecified atom stereocenters. The number of aliphatic imine (C=N–C) groups is 1. The molecule has 0 fully saturated rings. The summed E-state index contributed by atoms with van der Waals surface area (Å²) in [6.45, 7) is 1.73. The van der Waals surface area contributed by atoms with Crippen LogP contribution < -0.4 is 0 Å². The number of fused-ring (bicyclic) bond motifs is 1. The predicted octanol–water partition coefficient (Wildman–Crippen LogP) is 3.83. The topological polar surface area (TPSA) is 29.4 Å². The highest BCUT2D eigenvalue weighted by Crippen LogP contribution is 2.25. The Morgan fingerprint density at radius 2 is 1.95 bits per heavy atom. The number of hydrogen-bond donors (Lipinski definition) is 0. The molecule has 1 aliphatic rings. The van der Waals surface area contributed by atoms with Crippen molar-refractivity contribution in [2.75, 3.05) is 0 Å². The second-order valence-corrected chi connectivity index (χ2v) is 5.51. The van der Waals surface area contributed by atoms with Gasteiger partial charge in [0.25, 0.3) is 0 Å². The van der Waals surface area contributed by atoms with Gasteiger partial charge in [0.05, 0.1) is 5.71 Å². The maximum absolute atomic E-state index is 14.1. The van der Waals surface area contributed by atoms with Gasteiger partial charge in [0.1, 0.15) is 11.9 Å². The average Bonchev–Trinajstić information content (AvgIpc) is 2.58.